The summed E-state index contributed by atoms with van der Waals surface area (Å²) in [5.74, 6) is -1.43. The standard InChI is InChI=1S/C25H29FN4O4S/c1-25(34-4)14-18-19(21(35-28-18)20(31)23(32)29(2)3)27-22(25)24(33)30-11-9-16(10-12-30)13-15-5-7-17(26)8-6-15/h5-8,16H,9-14H2,1-4H3. The molecule has 8 nitrogen and oxygen atoms in total. The first-order valence-electron chi connectivity index (χ1n) is 11.6. The van der Waals surface area contributed by atoms with Crippen molar-refractivity contribution in [1.29, 1.82) is 0 Å². The van der Waals surface area contributed by atoms with Crippen LogP contribution in [0.15, 0.2) is 29.3 Å². The highest BCUT2D eigenvalue weighted by Crippen LogP contribution is 2.38. The Labute approximate surface area is 207 Å². The van der Waals surface area contributed by atoms with E-state index in [-0.39, 0.29) is 28.7 Å². The van der Waals surface area contributed by atoms with Gasteiger partial charge in [-0.05, 0) is 61.3 Å². The second-order valence-corrected chi connectivity index (χ2v) is 10.2. The lowest BCUT2D eigenvalue weighted by atomic mass is 9.87. The van der Waals surface area contributed by atoms with Gasteiger partial charge in [-0.15, -0.1) is 0 Å². The lowest BCUT2D eigenvalue weighted by Crippen LogP contribution is -2.52. The van der Waals surface area contributed by atoms with Gasteiger partial charge in [-0.3, -0.25) is 14.4 Å². The summed E-state index contributed by atoms with van der Waals surface area (Å²) in [7, 11) is 4.54. The van der Waals surface area contributed by atoms with E-state index in [1.807, 2.05) is 0 Å². The highest BCUT2D eigenvalue weighted by Gasteiger charge is 2.44. The van der Waals surface area contributed by atoms with Gasteiger partial charge in [0, 0.05) is 40.7 Å². The first kappa shape index (κ1) is 25.1. The number of nitrogens with zero attached hydrogens (tertiary/aromatic N) is 4. The molecule has 0 saturated carbocycles. The van der Waals surface area contributed by atoms with Gasteiger partial charge in [0.2, 0.25) is 0 Å². The minimum absolute atomic E-state index is 0.139. The number of ether oxygens (including phenoxy) is 1. The van der Waals surface area contributed by atoms with Crippen molar-refractivity contribution in [3.63, 3.8) is 0 Å². The molecule has 3 heterocycles. The Bertz CT molecular complexity index is 1170. The van der Waals surface area contributed by atoms with Crippen LogP contribution in [-0.2, 0) is 27.2 Å². The fourth-order valence-corrected chi connectivity index (χ4v) is 5.29. The SMILES string of the molecule is COC1(C)Cc2nsc(C(=O)C(=O)N(C)C)c2N=C1C(=O)N1CCC(Cc2ccc(F)cc2)CC1. The molecule has 10 heteroatoms. The lowest BCUT2D eigenvalue weighted by molar-refractivity contribution is -0.126. The number of hydrogen-bond acceptors (Lipinski definition) is 7. The molecule has 0 N–H and O–H groups in total. The quantitative estimate of drug-likeness (QED) is 0.449. The summed E-state index contributed by atoms with van der Waals surface area (Å²) < 4.78 is 23.2. The third-order valence-electron chi connectivity index (χ3n) is 6.76. The predicted octanol–water partition coefficient (Wildman–Crippen LogP) is 3.07. The molecule has 186 valence electrons. The normalized spacial score (nSPS) is 20.3. The molecular formula is C25H29FN4O4S. The molecule has 1 unspecified atom stereocenters. The van der Waals surface area contributed by atoms with Crippen LogP contribution in [0, 0.1) is 11.7 Å². The number of carbonyl (C=O) groups excluding carboxylic acids is 3. The second kappa shape index (κ2) is 9.94. The highest BCUT2D eigenvalue weighted by atomic mass is 32.1. The Kier molecular flexibility index (Phi) is 7.14. The van der Waals surface area contributed by atoms with Crippen LogP contribution in [0.1, 0.15) is 40.7 Å². The molecule has 2 aliphatic rings. The summed E-state index contributed by atoms with van der Waals surface area (Å²) in [5.41, 5.74) is 1.15. The van der Waals surface area contributed by atoms with Crippen molar-refractivity contribution in [3.05, 3.63) is 46.2 Å². The van der Waals surface area contributed by atoms with Gasteiger partial charge in [-0.2, -0.15) is 4.37 Å². The van der Waals surface area contributed by atoms with E-state index in [0.717, 1.165) is 36.4 Å². The number of aliphatic imine (C=N–C) groups is 1. The first-order valence-corrected chi connectivity index (χ1v) is 12.3. The molecule has 1 fully saturated rings. The molecule has 2 aliphatic heterocycles. The molecule has 0 aliphatic carbocycles. The van der Waals surface area contributed by atoms with Gasteiger partial charge in [-0.1, -0.05) is 12.1 Å². The number of amides is 2. The number of rotatable bonds is 6. The zero-order valence-corrected chi connectivity index (χ0v) is 21.2. The monoisotopic (exact) mass is 500 g/mol. The molecule has 0 spiro atoms. The Hall–Kier alpha value is -2.98. The molecular weight excluding hydrogens is 471 g/mol. The van der Waals surface area contributed by atoms with E-state index in [2.05, 4.69) is 9.37 Å². The van der Waals surface area contributed by atoms with Gasteiger partial charge in [0.25, 0.3) is 17.6 Å². The second-order valence-electron chi connectivity index (χ2n) is 9.47. The molecule has 35 heavy (non-hydrogen) atoms. The Morgan fingerprint density at radius 1 is 1.20 bits per heavy atom. The number of ketones is 1. The topological polar surface area (TPSA) is 92.2 Å². The zero-order valence-electron chi connectivity index (χ0n) is 20.3. The van der Waals surface area contributed by atoms with E-state index >= 15 is 0 Å². The summed E-state index contributed by atoms with van der Waals surface area (Å²) in [6.07, 6.45) is 2.78. The summed E-state index contributed by atoms with van der Waals surface area (Å²) in [5, 5.41) is 0. The van der Waals surface area contributed by atoms with Crippen LogP contribution in [0.3, 0.4) is 0 Å². The van der Waals surface area contributed by atoms with Crippen LogP contribution in [0.2, 0.25) is 0 Å². The lowest BCUT2D eigenvalue weighted by Gasteiger charge is -2.37. The first-order chi connectivity index (χ1) is 16.6. The largest absolute Gasteiger partial charge is 0.372 e. The smallest absolute Gasteiger partial charge is 0.295 e. The van der Waals surface area contributed by atoms with Crippen molar-refractivity contribution >= 4 is 40.5 Å². The van der Waals surface area contributed by atoms with Crippen molar-refractivity contribution in [2.24, 2.45) is 10.9 Å². The maximum atomic E-state index is 13.6. The third kappa shape index (κ3) is 5.04. The number of carbonyl (C=O) groups is 3. The minimum atomic E-state index is -0.991. The fourth-order valence-electron chi connectivity index (χ4n) is 4.52. The summed E-state index contributed by atoms with van der Waals surface area (Å²) in [6.45, 7) is 2.94. The van der Waals surface area contributed by atoms with Gasteiger partial charge in [-0.25, -0.2) is 9.38 Å². The van der Waals surface area contributed by atoms with E-state index in [9.17, 15) is 18.8 Å². The number of benzene rings is 1. The number of Topliss-reactive ketones (excluding diaryl/α,β-unsaturated/α-hetero) is 1. The van der Waals surface area contributed by atoms with Gasteiger partial charge >= 0.3 is 0 Å². The van der Waals surface area contributed by atoms with Gasteiger partial charge < -0.3 is 14.5 Å². The molecule has 0 bridgehead atoms. The molecule has 2 aromatic rings. The molecule has 2 amide bonds. The zero-order chi connectivity index (χ0) is 25.3. The van der Waals surface area contributed by atoms with Gasteiger partial charge in [0.15, 0.2) is 0 Å². The molecule has 1 atom stereocenters. The molecule has 1 saturated heterocycles. The Morgan fingerprint density at radius 2 is 1.86 bits per heavy atom. The predicted molar refractivity (Wildman–Crippen MR) is 131 cm³/mol. The molecule has 1 aromatic heterocycles. The highest BCUT2D eigenvalue weighted by molar-refractivity contribution is 7.09. The van der Waals surface area contributed by atoms with Gasteiger partial charge in [0.1, 0.15) is 27.7 Å². The summed E-state index contributed by atoms with van der Waals surface area (Å²) >= 11 is 0.924. The van der Waals surface area contributed by atoms with E-state index < -0.39 is 17.3 Å². The minimum Gasteiger partial charge on any atom is -0.372 e. The van der Waals surface area contributed by atoms with Crippen LogP contribution in [-0.4, -0.2) is 77.4 Å². The van der Waals surface area contributed by atoms with Crippen molar-refractivity contribution in [2.75, 3.05) is 34.3 Å². The van der Waals surface area contributed by atoms with Gasteiger partial charge in [0.05, 0.1) is 5.69 Å². The number of methoxy groups -OCH3 is 1. The van der Waals surface area contributed by atoms with E-state index in [1.54, 1.807) is 24.0 Å². The van der Waals surface area contributed by atoms with Crippen LogP contribution >= 0.6 is 11.5 Å². The average Bonchev–Trinajstić information content (AvgIpc) is 3.26. The number of likely N-dealkylation sites (N-methyl/N-ethyl adjacent to an activating group) is 1. The number of fused-ring (bicyclic) bond motifs is 1. The van der Waals surface area contributed by atoms with Crippen molar-refractivity contribution in [2.45, 2.75) is 38.2 Å². The van der Waals surface area contributed by atoms with Crippen LogP contribution in [0.25, 0.3) is 0 Å². The van der Waals surface area contributed by atoms with E-state index in [1.165, 1.54) is 38.2 Å². The van der Waals surface area contributed by atoms with Crippen molar-refractivity contribution in [3.8, 4) is 0 Å². The molecule has 0 radical (unpaired) electrons. The Balaban J connectivity index is 1.52. The number of piperidine rings is 1. The summed E-state index contributed by atoms with van der Waals surface area (Å²) in [6, 6.07) is 6.55. The fraction of sp³-hybridized carbons (Fsp3) is 0.480. The number of halogens is 1. The van der Waals surface area contributed by atoms with Crippen molar-refractivity contribution < 1.29 is 23.5 Å². The van der Waals surface area contributed by atoms with Crippen LogP contribution in [0.4, 0.5) is 10.1 Å². The van der Waals surface area contributed by atoms with Crippen LogP contribution in [0.5, 0.6) is 0 Å². The maximum Gasteiger partial charge on any atom is 0.295 e. The maximum absolute atomic E-state index is 13.6. The summed E-state index contributed by atoms with van der Waals surface area (Å²) in [4.78, 5) is 46.2. The number of hydrogen-bond donors (Lipinski definition) is 0. The van der Waals surface area contributed by atoms with E-state index in [0.29, 0.717) is 30.4 Å². The van der Waals surface area contributed by atoms with E-state index in [4.69, 9.17) is 4.74 Å². The average molecular weight is 501 g/mol. The number of aromatic nitrogens is 1. The Morgan fingerprint density at radius 3 is 2.46 bits per heavy atom. The number of likely N-dealkylation sites (tertiary alicyclic amines) is 1. The molecule has 1 aromatic carbocycles. The van der Waals surface area contributed by atoms with Crippen molar-refractivity contribution in [1.82, 2.24) is 14.2 Å². The van der Waals surface area contributed by atoms with Crippen LogP contribution < -0.4 is 0 Å². The molecule has 4 rings (SSSR count). The third-order valence-corrected chi connectivity index (χ3v) is 7.64.